The molecular formula is C8H17NOS. The highest BCUT2D eigenvalue weighted by molar-refractivity contribution is 7.80. The fourth-order valence-corrected chi connectivity index (χ4v) is 1.07. The van der Waals surface area contributed by atoms with Crippen LogP contribution >= 0.6 is 12.6 Å². The Kier molecular flexibility index (Phi) is 7.79. The fraction of sp³-hybridized carbons (Fsp3) is 0.875. The first kappa shape index (κ1) is 10.8. The molecule has 1 amide bonds. The standard InChI is InChI=1S/C8H17NOS/c1-2-3-4-5-6-8(10)9-7-11/h11H,2-7H2,1H3,(H,9,10). The number of rotatable bonds is 6. The van der Waals surface area contributed by atoms with Gasteiger partial charge in [0.15, 0.2) is 0 Å². The molecule has 0 spiro atoms. The molecule has 11 heavy (non-hydrogen) atoms. The van der Waals surface area contributed by atoms with E-state index < -0.39 is 0 Å². The van der Waals surface area contributed by atoms with Crippen LogP contribution in [0.1, 0.15) is 39.0 Å². The van der Waals surface area contributed by atoms with Gasteiger partial charge in [-0.1, -0.05) is 26.2 Å². The van der Waals surface area contributed by atoms with Crippen molar-refractivity contribution in [1.82, 2.24) is 5.32 Å². The smallest absolute Gasteiger partial charge is 0.220 e. The molecule has 0 bridgehead atoms. The topological polar surface area (TPSA) is 29.1 Å². The third kappa shape index (κ3) is 7.72. The van der Waals surface area contributed by atoms with Gasteiger partial charge in [-0.15, -0.1) is 0 Å². The molecule has 0 aromatic heterocycles. The summed E-state index contributed by atoms with van der Waals surface area (Å²) in [6.45, 7) is 2.16. The van der Waals surface area contributed by atoms with E-state index in [2.05, 4.69) is 24.9 Å². The molecule has 0 saturated heterocycles. The summed E-state index contributed by atoms with van der Waals surface area (Å²) in [5, 5.41) is 2.65. The van der Waals surface area contributed by atoms with Crippen molar-refractivity contribution in [2.24, 2.45) is 0 Å². The molecule has 0 fully saturated rings. The van der Waals surface area contributed by atoms with Gasteiger partial charge in [-0.3, -0.25) is 4.79 Å². The second-order valence-corrected chi connectivity index (χ2v) is 2.88. The fourth-order valence-electron chi connectivity index (χ4n) is 0.889. The molecule has 66 valence electrons. The molecule has 0 unspecified atom stereocenters. The normalized spacial score (nSPS) is 9.64. The maximum absolute atomic E-state index is 10.8. The summed E-state index contributed by atoms with van der Waals surface area (Å²) < 4.78 is 0. The third-order valence-electron chi connectivity index (χ3n) is 1.53. The summed E-state index contributed by atoms with van der Waals surface area (Å²) in [5.41, 5.74) is 0. The van der Waals surface area contributed by atoms with E-state index in [9.17, 15) is 4.79 Å². The largest absolute Gasteiger partial charge is 0.347 e. The van der Waals surface area contributed by atoms with Gasteiger partial charge in [0, 0.05) is 6.42 Å². The number of hydrogen-bond donors (Lipinski definition) is 2. The van der Waals surface area contributed by atoms with E-state index in [4.69, 9.17) is 0 Å². The molecule has 0 aromatic rings. The Morgan fingerprint density at radius 3 is 2.64 bits per heavy atom. The van der Waals surface area contributed by atoms with Gasteiger partial charge >= 0.3 is 0 Å². The summed E-state index contributed by atoms with van der Waals surface area (Å²) in [7, 11) is 0. The Hall–Kier alpha value is -0.180. The molecule has 0 radical (unpaired) electrons. The highest BCUT2D eigenvalue weighted by Gasteiger charge is 1.97. The van der Waals surface area contributed by atoms with E-state index in [1.165, 1.54) is 12.8 Å². The first-order chi connectivity index (χ1) is 5.31. The maximum atomic E-state index is 10.8. The summed E-state index contributed by atoms with van der Waals surface area (Å²) in [6.07, 6.45) is 5.27. The van der Waals surface area contributed by atoms with Crippen LogP contribution in [-0.4, -0.2) is 11.8 Å². The average molecular weight is 175 g/mol. The number of carbonyl (C=O) groups is 1. The van der Waals surface area contributed by atoms with Crippen LogP contribution in [0.25, 0.3) is 0 Å². The van der Waals surface area contributed by atoms with Crippen LogP contribution in [0.4, 0.5) is 0 Å². The first-order valence-electron chi connectivity index (χ1n) is 4.18. The van der Waals surface area contributed by atoms with Crippen molar-refractivity contribution < 1.29 is 4.79 Å². The van der Waals surface area contributed by atoms with Gasteiger partial charge in [0.05, 0.1) is 5.88 Å². The van der Waals surface area contributed by atoms with E-state index in [0.29, 0.717) is 12.3 Å². The van der Waals surface area contributed by atoms with Crippen molar-refractivity contribution >= 4 is 18.5 Å². The molecule has 0 rings (SSSR count). The molecule has 0 aliphatic rings. The average Bonchev–Trinajstić information content (AvgIpc) is 1.99. The second kappa shape index (κ2) is 7.92. The van der Waals surface area contributed by atoms with E-state index in [0.717, 1.165) is 12.8 Å². The molecule has 0 heterocycles. The number of nitrogens with one attached hydrogen (secondary N) is 1. The van der Waals surface area contributed by atoms with Crippen LogP contribution in [0.2, 0.25) is 0 Å². The van der Waals surface area contributed by atoms with E-state index in [-0.39, 0.29) is 5.91 Å². The minimum absolute atomic E-state index is 0.121. The SMILES string of the molecule is CCCCCCC(=O)NCS. The van der Waals surface area contributed by atoms with Gasteiger partial charge in [0.25, 0.3) is 0 Å². The number of hydrogen-bond acceptors (Lipinski definition) is 2. The lowest BCUT2D eigenvalue weighted by molar-refractivity contribution is -0.120. The molecule has 0 aromatic carbocycles. The van der Waals surface area contributed by atoms with Gasteiger partial charge in [0.2, 0.25) is 5.91 Å². The first-order valence-corrected chi connectivity index (χ1v) is 4.82. The zero-order valence-corrected chi connectivity index (χ0v) is 7.99. The summed E-state index contributed by atoms with van der Waals surface area (Å²) in [4.78, 5) is 10.8. The van der Waals surface area contributed by atoms with Crippen LogP contribution in [0.15, 0.2) is 0 Å². The molecule has 2 nitrogen and oxygen atoms in total. The third-order valence-corrected chi connectivity index (χ3v) is 1.69. The van der Waals surface area contributed by atoms with E-state index in [1.54, 1.807) is 0 Å². The lowest BCUT2D eigenvalue weighted by Gasteiger charge is -2.00. The van der Waals surface area contributed by atoms with Crippen molar-refractivity contribution in [2.75, 3.05) is 5.88 Å². The lowest BCUT2D eigenvalue weighted by atomic mass is 10.1. The molecule has 0 aliphatic heterocycles. The minimum atomic E-state index is 0.121. The van der Waals surface area contributed by atoms with Crippen molar-refractivity contribution in [1.29, 1.82) is 0 Å². The number of unbranched alkanes of at least 4 members (excludes halogenated alkanes) is 3. The quantitative estimate of drug-likeness (QED) is 0.361. The highest BCUT2D eigenvalue weighted by atomic mass is 32.1. The van der Waals surface area contributed by atoms with Gasteiger partial charge in [-0.25, -0.2) is 0 Å². The lowest BCUT2D eigenvalue weighted by Crippen LogP contribution is -2.20. The van der Waals surface area contributed by atoms with Gasteiger partial charge in [0.1, 0.15) is 0 Å². The molecule has 0 atom stereocenters. The minimum Gasteiger partial charge on any atom is -0.347 e. The molecule has 1 N–H and O–H groups in total. The van der Waals surface area contributed by atoms with Crippen LogP contribution in [-0.2, 0) is 4.79 Å². The van der Waals surface area contributed by atoms with E-state index in [1.807, 2.05) is 0 Å². The van der Waals surface area contributed by atoms with Gasteiger partial charge in [-0.05, 0) is 6.42 Å². The number of amides is 1. The zero-order chi connectivity index (χ0) is 8.53. The van der Waals surface area contributed by atoms with Crippen molar-refractivity contribution in [3.05, 3.63) is 0 Å². The summed E-state index contributed by atoms with van der Waals surface area (Å²) in [5.74, 6) is 0.572. The molecule has 0 saturated carbocycles. The Labute approximate surface area is 74.2 Å². The van der Waals surface area contributed by atoms with Crippen molar-refractivity contribution in [3.8, 4) is 0 Å². The highest BCUT2D eigenvalue weighted by Crippen LogP contribution is 2.01. The zero-order valence-electron chi connectivity index (χ0n) is 7.10. The van der Waals surface area contributed by atoms with Gasteiger partial charge < -0.3 is 5.32 Å². The Balaban J connectivity index is 3.04. The predicted molar refractivity (Wildman–Crippen MR) is 50.8 cm³/mol. The van der Waals surface area contributed by atoms with Crippen LogP contribution in [0.3, 0.4) is 0 Å². The Bertz CT molecular complexity index is 106. The number of thiol groups is 1. The van der Waals surface area contributed by atoms with Crippen LogP contribution in [0.5, 0.6) is 0 Å². The molecule has 0 aliphatic carbocycles. The van der Waals surface area contributed by atoms with Crippen LogP contribution < -0.4 is 5.32 Å². The Morgan fingerprint density at radius 1 is 1.36 bits per heavy atom. The molecular weight excluding hydrogens is 158 g/mol. The summed E-state index contributed by atoms with van der Waals surface area (Å²) >= 11 is 3.89. The monoisotopic (exact) mass is 175 g/mol. The predicted octanol–water partition coefficient (Wildman–Crippen LogP) is 1.96. The number of carbonyl (C=O) groups excluding carboxylic acids is 1. The maximum Gasteiger partial charge on any atom is 0.220 e. The Morgan fingerprint density at radius 2 is 2.09 bits per heavy atom. The summed E-state index contributed by atoms with van der Waals surface area (Å²) in [6, 6.07) is 0. The van der Waals surface area contributed by atoms with Gasteiger partial charge in [-0.2, -0.15) is 12.6 Å². The van der Waals surface area contributed by atoms with Crippen LogP contribution in [0, 0.1) is 0 Å². The van der Waals surface area contributed by atoms with Crippen molar-refractivity contribution in [2.45, 2.75) is 39.0 Å². The second-order valence-electron chi connectivity index (χ2n) is 2.57. The van der Waals surface area contributed by atoms with E-state index >= 15 is 0 Å². The van der Waals surface area contributed by atoms with Crippen molar-refractivity contribution in [3.63, 3.8) is 0 Å². The molecule has 3 heteroatoms.